The van der Waals surface area contributed by atoms with Crippen molar-refractivity contribution in [3.63, 3.8) is 0 Å². The molecule has 2 fully saturated rings. The van der Waals surface area contributed by atoms with Crippen LogP contribution in [-0.4, -0.2) is 40.3 Å². The number of amides is 2. The molecule has 1 saturated heterocycles. The minimum atomic E-state index is -0.334. The van der Waals surface area contributed by atoms with Gasteiger partial charge in [-0.3, -0.25) is 9.59 Å². The van der Waals surface area contributed by atoms with Gasteiger partial charge in [-0.05, 0) is 62.8 Å². The maximum Gasteiger partial charge on any atom is 0.235 e. The van der Waals surface area contributed by atoms with Gasteiger partial charge < -0.3 is 10.2 Å². The van der Waals surface area contributed by atoms with Crippen molar-refractivity contribution < 1.29 is 14.0 Å². The van der Waals surface area contributed by atoms with Crippen molar-refractivity contribution in [3.05, 3.63) is 30.1 Å². The highest BCUT2D eigenvalue weighted by Gasteiger charge is 2.37. The van der Waals surface area contributed by atoms with Gasteiger partial charge in [0.15, 0.2) is 0 Å². The summed E-state index contributed by atoms with van der Waals surface area (Å²) in [5, 5.41) is 2.51. The molecule has 2 unspecified atom stereocenters. The highest BCUT2D eigenvalue weighted by molar-refractivity contribution is 8.01. The number of anilines is 1. The van der Waals surface area contributed by atoms with Crippen LogP contribution in [0, 0.1) is 11.7 Å². The van der Waals surface area contributed by atoms with E-state index in [0.717, 1.165) is 19.4 Å². The number of halogens is 1. The molecule has 3 rings (SSSR count). The second kappa shape index (κ2) is 8.89. The molecule has 4 nitrogen and oxygen atoms in total. The van der Waals surface area contributed by atoms with Crippen molar-refractivity contribution in [2.75, 3.05) is 17.6 Å². The number of likely N-dealkylation sites (tertiary alicyclic amines) is 1. The summed E-state index contributed by atoms with van der Waals surface area (Å²) >= 11 is 1.37. The molecular weight excluding hydrogens is 351 g/mol. The first-order valence-electron chi connectivity index (χ1n) is 9.52. The standard InChI is InChI=1S/C20H27FN2O2S/c1-14(26-13-19(24)22-17-10-8-16(21)9-11-17)20(25)23-12-4-7-18(23)15-5-2-3-6-15/h8-11,14-15,18H,2-7,12-13H2,1H3,(H,22,24). The van der Waals surface area contributed by atoms with Crippen molar-refractivity contribution in [1.29, 1.82) is 0 Å². The maximum absolute atomic E-state index is 12.9. The molecule has 1 aromatic rings. The van der Waals surface area contributed by atoms with Gasteiger partial charge in [0.1, 0.15) is 5.82 Å². The third-order valence-electron chi connectivity index (χ3n) is 5.47. The number of carbonyl (C=O) groups excluding carboxylic acids is 2. The number of rotatable bonds is 6. The zero-order valence-corrected chi connectivity index (χ0v) is 16.1. The Bertz CT molecular complexity index is 631. The molecule has 1 saturated carbocycles. The largest absolute Gasteiger partial charge is 0.338 e. The van der Waals surface area contributed by atoms with Crippen LogP contribution in [0.15, 0.2) is 24.3 Å². The van der Waals surface area contributed by atoms with Gasteiger partial charge in [-0.1, -0.05) is 12.8 Å². The molecule has 0 radical (unpaired) electrons. The van der Waals surface area contributed by atoms with Crippen LogP contribution < -0.4 is 5.32 Å². The molecule has 1 aliphatic heterocycles. The summed E-state index contributed by atoms with van der Waals surface area (Å²) in [4.78, 5) is 27.0. The van der Waals surface area contributed by atoms with Gasteiger partial charge in [-0.25, -0.2) is 4.39 Å². The van der Waals surface area contributed by atoms with Gasteiger partial charge in [-0.2, -0.15) is 0 Å². The van der Waals surface area contributed by atoms with Gasteiger partial charge in [0.05, 0.1) is 11.0 Å². The van der Waals surface area contributed by atoms with Crippen molar-refractivity contribution in [1.82, 2.24) is 4.90 Å². The number of hydrogen-bond acceptors (Lipinski definition) is 3. The summed E-state index contributed by atoms with van der Waals surface area (Å²) in [6.45, 7) is 2.74. The molecule has 142 valence electrons. The summed E-state index contributed by atoms with van der Waals surface area (Å²) in [6.07, 6.45) is 7.29. The van der Waals surface area contributed by atoms with Gasteiger partial charge >= 0.3 is 0 Å². The van der Waals surface area contributed by atoms with E-state index in [-0.39, 0.29) is 28.6 Å². The zero-order chi connectivity index (χ0) is 18.5. The van der Waals surface area contributed by atoms with Crippen LogP contribution in [-0.2, 0) is 9.59 Å². The van der Waals surface area contributed by atoms with E-state index in [1.165, 1.54) is 61.7 Å². The fourth-order valence-corrected chi connectivity index (χ4v) is 4.89. The molecule has 0 spiro atoms. The molecular formula is C20H27FN2O2S. The lowest BCUT2D eigenvalue weighted by Crippen LogP contribution is -2.43. The number of nitrogens with one attached hydrogen (secondary N) is 1. The highest BCUT2D eigenvalue weighted by atomic mass is 32.2. The highest BCUT2D eigenvalue weighted by Crippen LogP contribution is 2.36. The lowest BCUT2D eigenvalue weighted by Gasteiger charge is -2.31. The Balaban J connectivity index is 1.47. The first-order valence-corrected chi connectivity index (χ1v) is 10.6. The van der Waals surface area contributed by atoms with Gasteiger partial charge in [0.2, 0.25) is 11.8 Å². The van der Waals surface area contributed by atoms with Gasteiger partial charge in [0, 0.05) is 18.3 Å². The quantitative estimate of drug-likeness (QED) is 0.812. The van der Waals surface area contributed by atoms with E-state index < -0.39 is 0 Å². The first-order chi connectivity index (χ1) is 12.5. The Labute approximate surface area is 158 Å². The lowest BCUT2D eigenvalue weighted by molar-refractivity contribution is -0.132. The van der Waals surface area contributed by atoms with E-state index in [2.05, 4.69) is 10.2 Å². The topological polar surface area (TPSA) is 49.4 Å². The SMILES string of the molecule is CC(SCC(=O)Nc1ccc(F)cc1)C(=O)N1CCCC1C1CCCC1. The van der Waals surface area contributed by atoms with E-state index in [0.29, 0.717) is 17.6 Å². The summed E-state index contributed by atoms with van der Waals surface area (Å²) in [5.74, 6) is 0.542. The van der Waals surface area contributed by atoms with E-state index in [9.17, 15) is 14.0 Å². The van der Waals surface area contributed by atoms with Crippen LogP contribution in [0.5, 0.6) is 0 Å². The normalized spacial score (nSPS) is 21.8. The Kier molecular flexibility index (Phi) is 6.57. The third-order valence-corrected chi connectivity index (χ3v) is 6.60. The molecule has 1 heterocycles. The smallest absolute Gasteiger partial charge is 0.235 e. The summed E-state index contributed by atoms with van der Waals surface area (Å²) < 4.78 is 12.9. The summed E-state index contributed by atoms with van der Waals surface area (Å²) in [6, 6.07) is 6.09. The monoisotopic (exact) mass is 378 g/mol. The molecule has 26 heavy (non-hydrogen) atoms. The second-order valence-electron chi connectivity index (χ2n) is 7.29. The summed E-state index contributed by atoms with van der Waals surface area (Å²) in [5.41, 5.74) is 0.566. The van der Waals surface area contributed by atoms with Crippen LogP contribution in [0.3, 0.4) is 0 Å². The average Bonchev–Trinajstić information content (AvgIpc) is 3.32. The Morgan fingerprint density at radius 1 is 1.19 bits per heavy atom. The molecule has 1 aliphatic carbocycles. The zero-order valence-electron chi connectivity index (χ0n) is 15.2. The molecule has 1 aromatic carbocycles. The minimum absolute atomic E-state index is 0.166. The number of hydrogen-bond donors (Lipinski definition) is 1. The first kappa shape index (κ1) is 19.2. The van der Waals surface area contributed by atoms with E-state index >= 15 is 0 Å². The van der Waals surface area contributed by atoms with Crippen molar-refractivity contribution in [3.8, 4) is 0 Å². The van der Waals surface area contributed by atoms with Crippen LogP contribution in [0.4, 0.5) is 10.1 Å². The molecule has 2 amide bonds. The predicted octanol–water partition coefficient (Wildman–Crippen LogP) is 4.07. The minimum Gasteiger partial charge on any atom is -0.338 e. The predicted molar refractivity (Wildman–Crippen MR) is 104 cm³/mol. The van der Waals surface area contributed by atoms with Crippen LogP contribution in [0.2, 0.25) is 0 Å². The molecule has 6 heteroatoms. The van der Waals surface area contributed by atoms with Crippen molar-refractivity contribution in [2.24, 2.45) is 5.92 Å². The maximum atomic E-state index is 12.9. The van der Waals surface area contributed by atoms with Crippen molar-refractivity contribution in [2.45, 2.75) is 56.7 Å². The van der Waals surface area contributed by atoms with Crippen LogP contribution in [0.25, 0.3) is 0 Å². The fraction of sp³-hybridized carbons (Fsp3) is 0.600. The van der Waals surface area contributed by atoms with E-state index in [1.54, 1.807) is 0 Å². The molecule has 1 N–H and O–H groups in total. The average molecular weight is 379 g/mol. The molecule has 2 aliphatic rings. The van der Waals surface area contributed by atoms with Gasteiger partial charge in [-0.15, -0.1) is 11.8 Å². The molecule has 0 bridgehead atoms. The number of benzene rings is 1. The Hall–Kier alpha value is -1.56. The lowest BCUT2D eigenvalue weighted by atomic mass is 9.96. The third kappa shape index (κ3) is 4.78. The second-order valence-corrected chi connectivity index (χ2v) is 8.62. The number of nitrogens with zero attached hydrogens (tertiary/aromatic N) is 1. The molecule has 2 atom stereocenters. The number of carbonyl (C=O) groups is 2. The fourth-order valence-electron chi connectivity index (χ4n) is 4.13. The Morgan fingerprint density at radius 2 is 1.88 bits per heavy atom. The van der Waals surface area contributed by atoms with E-state index in [1.807, 2.05) is 6.92 Å². The van der Waals surface area contributed by atoms with Gasteiger partial charge in [0.25, 0.3) is 0 Å². The number of thioether (sulfide) groups is 1. The molecule has 0 aromatic heterocycles. The Morgan fingerprint density at radius 3 is 2.58 bits per heavy atom. The van der Waals surface area contributed by atoms with Crippen molar-refractivity contribution >= 4 is 29.3 Å². The van der Waals surface area contributed by atoms with Crippen LogP contribution in [0.1, 0.15) is 45.4 Å². The van der Waals surface area contributed by atoms with E-state index in [4.69, 9.17) is 0 Å². The van der Waals surface area contributed by atoms with Crippen LogP contribution >= 0.6 is 11.8 Å². The summed E-state index contributed by atoms with van der Waals surface area (Å²) in [7, 11) is 0.